The Kier molecular flexibility index (Phi) is 16.7. The first-order chi connectivity index (χ1) is 16.4. The Labute approximate surface area is 222 Å². The molecule has 0 aliphatic rings. The molecule has 12 nitrogen and oxygen atoms in total. The number of ketones is 1. The molecule has 2 aromatic carbocycles. The molecule has 14 heteroatoms. The number of phosphoric acid groups is 1. The van der Waals surface area contributed by atoms with Crippen LogP contribution in [0.5, 0.6) is 0 Å². The minimum Gasteiger partial charge on any atom is -0.458 e. The fourth-order valence-corrected chi connectivity index (χ4v) is 5.12. The van der Waals surface area contributed by atoms with Crippen molar-refractivity contribution in [3.63, 3.8) is 0 Å². The lowest BCUT2D eigenvalue weighted by Crippen LogP contribution is -2.09. The van der Waals surface area contributed by atoms with Crippen LogP contribution in [0.2, 0.25) is 0 Å². The Morgan fingerprint density at radius 3 is 2.00 bits per heavy atom. The third kappa shape index (κ3) is 13.7. The minimum absolute atomic E-state index is 0. The van der Waals surface area contributed by atoms with Crippen molar-refractivity contribution < 1.29 is 42.4 Å². The summed E-state index contributed by atoms with van der Waals surface area (Å²) >= 11 is 0. The van der Waals surface area contributed by atoms with Crippen LogP contribution in [-0.2, 0) is 18.2 Å². The van der Waals surface area contributed by atoms with E-state index in [1.807, 2.05) is 12.1 Å². The smallest absolute Gasteiger partial charge is 0.458 e. The molecule has 0 spiro atoms. The second kappa shape index (κ2) is 17.0. The van der Waals surface area contributed by atoms with Crippen LogP contribution in [0.3, 0.4) is 0 Å². The Morgan fingerprint density at radius 1 is 0.816 bits per heavy atom. The van der Waals surface area contributed by atoms with Gasteiger partial charge in [0.1, 0.15) is 6.61 Å². The molecule has 0 saturated heterocycles. The van der Waals surface area contributed by atoms with Gasteiger partial charge >= 0.3 is 21.4 Å². The van der Waals surface area contributed by atoms with Crippen molar-refractivity contribution in [2.45, 2.75) is 26.7 Å². The number of carbonyl (C=O) groups excluding carboxylic acids is 2. The van der Waals surface area contributed by atoms with Gasteiger partial charge in [-0.2, -0.15) is 0 Å². The van der Waals surface area contributed by atoms with Crippen molar-refractivity contribution in [2.24, 2.45) is 0 Å². The van der Waals surface area contributed by atoms with Gasteiger partial charge in [-0.3, -0.25) is 9.36 Å². The second-order valence-corrected chi connectivity index (χ2v) is 11.2. The molecule has 0 amide bonds. The molecule has 0 aliphatic carbocycles. The van der Waals surface area contributed by atoms with Crippen LogP contribution in [0, 0.1) is 0 Å². The molecule has 1 unspecified atom stereocenters. The summed E-state index contributed by atoms with van der Waals surface area (Å²) in [5.74, 6) is -0.745. The fourth-order valence-electron chi connectivity index (χ4n) is 2.98. The van der Waals surface area contributed by atoms with E-state index in [0.717, 1.165) is 11.1 Å². The molecule has 1 atom stereocenters. The van der Waals surface area contributed by atoms with E-state index in [4.69, 9.17) is 14.5 Å². The van der Waals surface area contributed by atoms with Crippen LogP contribution in [-0.4, -0.2) is 39.2 Å². The van der Waals surface area contributed by atoms with E-state index >= 15 is 0 Å². The Bertz CT molecular complexity index is 1210. The zero-order valence-corrected chi connectivity index (χ0v) is 23.3. The van der Waals surface area contributed by atoms with Crippen molar-refractivity contribution in [2.75, 3.05) is 12.8 Å². The number of esters is 1. The number of benzene rings is 2. The molecule has 0 bridgehead atoms. The van der Waals surface area contributed by atoms with Crippen molar-refractivity contribution >= 4 is 27.2 Å². The predicted octanol–water partition coefficient (Wildman–Crippen LogP) is 5.53. The lowest BCUT2D eigenvalue weighted by atomic mass is 10.0. The van der Waals surface area contributed by atoms with Crippen LogP contribution < -0.4 is 18.5 Å². The van der Waals surface area contributed by atoms with Crippen molar-refractivity contribution in [1.82, 2.24) is 18.5 Å². The highest BCUT2D eigenvalue weighted by Gasteiger charge is 2.29. The van der Waals surface area contributed by atoms with E-state index in [0.29, 0.717) is 24.0 Å². The molecule has 212 valence electrons. The first-order valence-corrected chi connectivity index (χ1v) is 13.9. The predicted molar refractivity (Wildman–Crippen MR) is 146 cm³/mol. The molecular formula is C24H37N3O9P2. The quantitative estimate of drug-likeness (QED) is 0.0793. The first-order valence-electron chi connectivity index (χ1n) is 10.6. The van der Waals surface area contributed by atoms with Gasteiger partial charge in [0.2, 0.25) is 0 Å². The number of hydrogen-bond acceptors (Lipinski definition) is 9. The third-order valence-electron chi connectivity index (χ3n) is 4.76. The van der Waals surface area contributed by atoms with Gasteiger partial charge in [0, 0.05) is 11.1 Å². The maximum atomic E-state index is 12.6. The van der Waals surface area contributed by atoms with Gasteiger partial charge in [-0.1, -0.05) is 60.2 Å². The molecule has 0 fully saturated rings. The Morgan fingerprint density at radius 2 is 1.39 bits per heavy atom. The van der Waals surface area contributed by atoms with Crippen LogP contribution in [0.15, 0.2) is 77.9 Å². The largest absolute Gasteiger partial charge is 0.476 e. The molecule has 0 heterocycles. The van der Waals surface area contributed by atoms with E-state index in [1.54, 1.807) is 56.3 Å². The van der Waals surface area contributed by atoms with E-state index in [-0.39, 0.29) is 36.4 Å². The normalized spacial score (nSPS) is 13.2. The highest BCUT2D eigenvalue weighted by Crippen LogP contribution is 2.56. The molecular weight excluding hydrogens is 536 g/mol. The third-order valence-corrected chi connectivity index (χ3v) is 7.28. The molecule has 0 saturated carbocycles. The molecule has 2 aromatic rings. The van der Waals surface area contributed by atoms with E-state index < -0.39 is 27.5 Å². The van der Waals surface area contributed by atoms with E-state index in [9.17, 15) is 23.6 Å². The number of carbonyl (C=O) groups is 2. The zero-order chi connectivity index (χ0) is 26.1. The lowest BCUT2D eigenvalue weighted by molar-refractivity contribution is 0.0539. The van der Waals surface area contributed by atoms with Gasteiger partial charge in [-0.15, -0.1) is 0 Å². The molecule has 38 heavy (non-hydrogen) atoms. The van der Waals surface area contributed by atoms with Crippen molar-refractivity contribution in [1.29, 1.82) is 0 Å². The lowest BCUT2D eigenvalue weighted by Gasteiger charge is -2.11. The van der Waals surface area contributed by atoms with Crippen LogP contribution in [0.25, 0.3) is 0 Å². The van der Waals surface area contributed by atoms with Gasteiger partial charge in [0.15, 0.2) is 5.78 Å². The molecule has 0 aromatic heterocycles. The summed E-state index contributed by atoms with van der Waals surface area (Å²) in [7, 11) is -9.48. The summed E-state index contributed by atoms with van der Waals surface area (Å²) in [6.07, 6.45) is 3.80. The molecule has 0 radical (unpaired) electrons. The van der Waals surface area contributed by atoms with Crippen LogP contribution >= 0.6 is 15.4 Å². The second-order valence-electron chi connectivity index (χ2n) is 7.88. The first kappa shape index (κ1) is 37.4. The highest BCUT2D eigenvalue weighted by atomic mass is 31.3. The number of allylic oxidation sites excluding steroid dienone is 3. The summed E-state index contributed by atoms with van der Waals surface area (Å²) in [5, 5.41) is 0. The topological polar surface area (TPSA) is 252 Å². The summed E-state index contributed by atoms with van der Waals surface area (Å²) in [4.78, 5) is 51.8. The van der Waals surface area contributed by atoms with Crippen LogP contribution in [0.1, 0.15) is 53.0 Å². The zero-order valence-electron chi connectivity index (χ0n) is 21.5. The minimum atomic E-state index is -5.05. The van der Waals surface area contributed by atoms with Crippen molar-refractivity contribution in [3.8, 4) is 0 Å². The fraction of sp³-hybridized carbons (Fsp3) is 0.250. The summed E-state index contributed by atoms with van der Waals surface area (Å²) in [5.41, 5.74) is 2.70. The SMILES string of the molecule is C/C(=C\CP(=O)(O)OP(=O)(O)O)CC/C=C(\C)COC(=O)c1cccc(C(=O)c2ccccc2)c1.N.N.N. The number of rotatable bonds is 12. The summed E-state index contributed by atoms with van der Waals surface area (Å²) in [6, 6.07) is 15.1. The van der Waals surface area contributed by atoms with E-state index in [2.05, 4.69) is 4.31 Å². The standard InChI is InChI=1S/C24H28O9P2.3H3N/c1-18(14-15-34(27,28)33-35(29,30)31)8-6-9-19(2)17-32-24(26)22-13-7-12-21(16-22)23(25)20-10-4-3-5-11-20;;;/h3-5,7,9-14,16H,6,8,15,17H2,1-2H3,(H,27,28)(H2,29,30,31);3*1H3/b18-14+,19-9+;;;. The summed E-state index contributed by atoms with van der Waals surface area (Å²) in [6.45, 7) is 3.56. The average Bonchev–Trinajstić information content (AvgIpc) is 2.80. The number of hydrogen-bond donors (Lipinski definition) is 6. The maximum absolute atomic E-state index is 12.6. The van der Waals surface area contributed by atoms with Crippen LogP contribution in [0.4, 0.5) is 0 Å². The monoisotopic (exact) mass is 573 g/mol. The van der Waals surface area contributed by atoms with Crippen molar-refractivity contribution in [3.05, 3.63) is 94.6 Å². The van der Waals surface area contributed by atoms with Gasteiger partial charge in [0.25, 0.3) is 0 Å². The van der Waals surface area contributed by atoms with E-state index in [1.165, 1.54) is 12.1 Å². The molecule has 12 N–H and O–H groups in total. The maximum Gasteiger partial charge on any atom is 0.476 e. The Balaban J connectivity index is 0. The van der Waals surface area contributed by atoms with Gasteiger partial charge in [0.05, 0.1) is 11.7 Å². The summed E-state index contributed by atoms with van der Waals surface area (Å²) < 4.78 is 31.6. The molecule has 2 rings (SSSR count). The van der Waals surface area contributed by atoms with Gasteiger partial charge in [-0.05, 0) is 44.4 Å². The average molecular weight is 574 g/mol. The van der Waals surface area contributed by atoms with Gasteiger partial charge in [-0.25, -0.2) is 13.7 Å². The number of ether oxygens (including phenoxy) is 1. The highest BCUT2D eigenvalue weighted by molar-refractivity contribution is 7.63. The van der Waals surface area contributed by atoms with Gasteiger partial charge < -0.3 is 37.9 Å². The molecule has 0 aliphatic heterocycles. The Hall–Kier alpha value is -2.76.